The van der Waals surface area contributed by atoms with Crippen LogP contribution in [0.4, 0.5) is 0 Å². The summed E-state index contributed by atoms with van der Waals surface area (Å²) in [6.45, 7) is 18.8. The fraction of sp³-hybridized carbons (Fsp3) is 0.562. The molecular formula is C32H46N4O5SSi. The lowest BCUT2D eigenvalue weighted by Crippen LogP contribution is -2.48. The van der Waals surface area contributed by atoms with E-state index in [1.807, 2.05) is 45.3 Å². The number of carbonyl (C=O) groups is 2. The minimum atomic E-state index is -2.16. The third-order valence-electron chi connectivity index (χ3n) is 8.87. The van der Waals surface area contributed by atoms with Crippen molar-refractivity contribution < 1.29 is 23.6 Å². The molecular weight excluding hydrogens is 581 g/mol. The van der Waals surface area contributed by atoms with Crippen molar-refractivity contribution in [2.75, 3.05) is 6.54 Å². The molecule has 1 aromatic carbocycles. The molecule has 234 valence electrons. The fourth-order valence-corrected chi connectivity index (χ4v) is 7.50. The first kappa shape index (κ1) is 33.0. The largest absolute Gasteiger partial charge is 0.412 e. The van der Waals surface area contributed by atoms with Gasteiger partial charge < -0.3 is 24.3 Å². The highest BCUT2D eigenvalue weighted by Crippen LogP contribution is 2.40. The number of aromatic nitrogens is 2. The molecule has 0 aliphatic carbocycles. The van der Waals surface area contributed by atoms with Gasteiger partial charge in [-0.05, 0) is 49.0 Å². The number of hydrogen-bond donors (Lipinski definition) is 2. The lowest BCUT2D eigenvalue weighted by Gasteiger charge is -2.38. The Balaban J connectivity index is 1.57. The highest BCUT2D eigenvalue weighted by Gasteiger charge is 2.47. The molecule has 1 aliphatic heterocycles. The number of aliphatic hydroxyl groups excluding tert-OH is 1. The summed E-state index contributed by atoms with van der Waals surface area (Å²) in [6.07, 6.45) is 0.164. The van der Waals surface area contributed by atoms with Gasteiger partial charge in [0, 0.05) is 19.0 Å². The van der Waals surface area contributed by atoms with Gasteiger partial charge >= 0.3 is 0 Å². The molecule has 3 aromatic rings. The van der Waals surface area contributed by atoms with Crippen molar-refractivity contribution >= 4 is 31.5 Å². The third kappa shape index (κ3) is 7.27. The van der Waals surface area contributed by atoms with Gasteiger partial charge in [0.25, 0.3) is 0 Å². The standard InChI is InChI=1S/C32H46N4O5SSi/c1-19(2)28(27-14-24(17-37)35-40-27)31(39)36-16-25(41-43(8,9)32(5,6)7)15-26(36)30(38)34-20(3)22-10-12-23(13-11-22)29-21(4)33-18-42-29/h10-14,18-20,25-26,28,37H,15-17H2,1-9H3,(H,34,38)/t20?,25-,26-,28?/m1/s1. The number of likely N-dealkylation sites (tertiary alicyclic amines) is 1. The Morgan fingerprint density at radius 3 is 2.42 bits per heavy atom. The van der Waals surface area contributed by atoms with Crippen LogP contribution in [0.1, 0.15) is 82.6 Å². The molecule has 0 radical (unpaired) electrons. The topological polar surface area (TPSA) is 118 Å². The molecule has 43 heavy (non-hydrogen) atoms. The Kier molecular flexibility index (Phi) is 10.00. The zero-order valence-corrected chi connectivity index (χ0v) is 28.6. The lowest BCUT2D eigenvalue weighted by molar-refractivity contribution is -0.141. The molecule has 4 atom stereocenters. The molecule has 0 spiro atoms. The number of benzene rings is 1. The van der Waals surface area contributed by atoms with Crippen LogP contribution in [0.2, 0.25) is 18.1 Å². The van der Waals surface area contributed by atoms with Crippen molar-refractivity contribution in [3.8, 4) is 10.4 Å². The van der Waals surface area contributed by atoms with Gasteiger partial charge in [0.05, 0.1) is 34.8 Å². The molecule has 1 saturated heterocycles. The summed E-state index contributed by atoms with van der Waals surface area (Å²) in [5.41, 5.74) is 5.28. The van der Waals surface area contributed by atoms with Gasteiger partial charge in [0.15, 0.2) is 8.32 Å². The van der Waals surface area contributed by atoms with Crippen molar-refractivity contribution in [1.29, 1.82) is 0 Å². The van der Waals surface area contributed by atoms with Crippen LogP contribution in [-0.2, 0) is 20.6 Å². The van der Waals surface area contributed by atoms with Gasteiger partial charge in [-0.1, -0.05) is 64.0 Å². The van der Waals surface area contributed by atoms with Crippen molar-refractivity contribution in [2.45, 2.75) is 104 Å². The maximum Gasteiger partial charge on any atom is 0.243 e. The van der Waals surface area contributed by atoms with Crippen molar-refractivity contribution in [3.05, 3.63) is 58.6 Å². The molecule has 0 saturated carbocycles. The van der Waals surface area contributed by atoms with Gasteiger partial charge in [0.2, 0.25) is 11.8 Å². The molecule has 2 aromatic heterocycles. The zero-order chi connectivity index (χ0) is 31.7. The summed E-state index contributed by atoms with van der Waals surface area (Å²) < 4.78 is 12.2. The Morgan fingerprint density at radius 2 is 1.88 bits per heavy atom. The van der Waals surface area contributed by atoms with E-state index in [1.54, 1.807) is 22.3 Å². The maximum absolute atomic E-state index is 14.2. The summed E-state index contributed by atoms with van der Waals surface area (Å²) in [7, 11) is -2.16. The van der Waals surface area contributed by atoms with E-state index in [0.717, 1.165) is 21.7 Å². The molecule has 9 nitrogen and oxygen atoms in total. The predicted octanol–water partition coefficient (Wildman–Crippen LogP) is 6.21. The zero-order valence-electron chi connectivity index (χ0n) is 26.8. The number of nitrogens with zero attached hydrogens (tertiary/aromatic N) is 3. The number of aliphatic hydroxyl groups is 1. The minimum absolute atomic E-state index is 0.0123. The summed E-state index contributed by atoms with van der Waals surface area (Å²) in [5, 5.41) is 16.6. The van der Waals surface area contributed by atoms with Crippen LogP contribution >= 0.6 is 11.3 Å². The van der Waals surface area contributed by atoms with E-state index in [-0.39, 0.29) is 41.5 Å². The van der Waals surface area contributed by atoms with E-state index in [9.17, 15) is 14.7 Å². The third-order valence-corrected chi connectivity index (χ3v) is 14.4. The number of thiazole rings is 1. The van der Waals surface area contributed by atoms with E-state index in [4.69, 9.17) is 8.95 Å². The Bertz CT molecular complexity index is 1410. The van der Waals surface area contributed by atoms with Crippen molar-refractivity contribution in [2.24, 2.45) is 5.92 Å². The second-order valence-corrected chi connectivity index (χ2v) is 19.1. The lowest BCUT2D eigenvalue weighted by atomic mass is 9.91. The number of aryl methyl sites for hydroxylation is 1. The normalized spacial score (nSPS) is 19.1. The molecule has 2 amide bonds. The Morgan fingerprint density at radius 1 is 1.21 bits per heavy atom. The minimum Gasteiger partial charge on any atom is -0.412 e. The van der Waals surface area contributed by atoms with Gasteiger partial charge in [-0.15, -0.1) is 11.3 Å². The van der Waals surface area contributed by atoms with Gasteiger partial charge in [0.1, 0.15) is 23.4 Å². The first-order chi connectivity index (χ1) is 20.1. The molecule has 1 fully saturated rings. The van der Waals surface area contributed by atoms with E-state index >= 15 is 0 Å². The first-order valence-corrected chi connectivity index (χ1v) is 18.8. The van der Waals surface area contributed by atoms with Gasteiger partial charge in [-0.3, -0.25) is 9.59 Å². The molecule has 2 unspecified atom stereocenters. The molecule has 1 aliphatic rings. The number of nitrogens with one attached hydrogen (secondary N) is 1. The van der Waals surface area contributed by atoms with E-state index in [1.165, 1.54) is 0 Å². The van der Waals surface area contributed by atoms with Crippen LogP contribution in [0.3, 0.4) is 0 Å². The van der Waals surface area contributed by atoms with Crippen LogP contribution in [0, 0.1) is 12.8 Å². The second kappa shape index (κ2) is 13.0. The van der Waals surface area contributed by atoms with E-state index in [0.29, 0.717) is 24.4 Å². The fourth-order valence-electron chi connectivity index (χ4n) is 5.33. The Hall–Kier alpha value is -2.86. The van der Waals surface area contributed by atoms with Crippen LogP contribution < -0.4 is 5.32 Å². The second-order valence-electron chi connectivity index (χ2n) is 13.5. The SMILES string of the molecule is Cc1ncsc1-c1ccc(C(C)NC(=O)[C@H]2C[C@@H](O[Si](C)(C)C(C)(C)C)CN2C(=O)C(c2cc(CO)no2)C(C)C)cc1. The van der Waals surface area contributed by atoms with Gasteiger partial charge in [-0.25, -0.2) is 4.98 Å². The van der Waals surface area contributed by atoms with Crippen molar-refractivity contribution in [3.63, 3.8) is 0 Å². The number of hydrogen-bond acceptors (Lipinski definition) is 8. The number of rotatable bonds is 10. The smallest absolute Gasteiger partial charge is 0.243 e. The van der Waals surface area contributed by atoms with Crippen molar-refractivity contribution in [1.82, 2.24) is 20.4 Å². The molecule has 3 heterocycles. The highest BCUT2D eigenvalue weighted by atomic mass is 32.1. The summed E-state index contributed by atoms with van der Waals surface area (Å²) >= 11 is 1.61. The van der Waals surface area contributed by atoms with Gasteiger partial charge in [-0.2, -0.15) is 0 Å². The summed E-state index contributed by atoms with van der Waals surface area (Å²) in [4.78, 5) is 35.2. The summed E-state index contributed by atoms with van der Waals surface area (Å²) in [6, 6.07) is 8.83. The predicted molar refractivity (Wildman–Crippen MR) is 171 cm³/mol. The highest BCUT2D eigenvalue weighted by molar-refractivity contribution is 7.13. The average molecular weight is 627 g/mol. The molecule has 0 bridgehead atoms. The maximum atomic E-state index is 14.2. The average Bonchev–Trinajstić information content (AvgIpc) is 3.67. The quantitative estimate of drug-likeness (QED) is 0.257. The van der Waals surface area contributed by atoms with E-state index < -0.39 is 20.3 Å². The molecule has 11 heteroatoms. The van der Waals surface area contributed by atoms with Crippen LogP contribution in [0.15, 0.2) is 40.4 Å². The number of carbonyl (C=O) groups excluding carboxylic acids is 2. The van der Waals surface area contributed by atoms with E-state index in [2.05, 4.69) is 61.5 Å². The monoisotopic (exact) mass is 626 g/mol. The Labute approximate surface area is 260 Å². The van der Waals surface area contributed by atoms with Crippen LogP contribution in [0.5, 0.6) is 0 Å². The van der Waals surface area contributed by atoms with Crippen LogP contribution in [0.25, 0.3) is 10.4 Å². The molecule has 2 N–H and O–H groups in total. The first-order valence-electron chi connectivity index (χ1n) is 15.0. The number of amides is 2. The molecule has 4 rings (SSSR count). The van der Waals surface area contributed by atoms with Crippen LogP contribution in [-0.4, -0.2) is 59.0 Å². The summed E-state index contributed by atoms with van der Waals surface area (Å²) in [5.74, 6) is -0.776.